The third-order valence-electron chi connectivity index (χ3n) is 2.54. The van der Waals surface area contributed by atoms with Gasteiger partial charge in [-0.1, -0.05) is 0 Å². The maximum atomic E-state index is 12.6. The molecule has 0 saturated heterocycles. The number of nitrogens with one attached hydrogen (secondary N) is 1. The average Bonchev–Trinajstić information content (AvgIpc) is 2.80. The average molecular weight is 281 g/mol. The second kappa shape index (κ2) is 5.21. The molecule has 0 saturated carbocycles. The first-order valence-electron chi connectivity index (χ1n) is 5.60. The van der Waals surface area contributed by atoms with Crippen molar-refractivity contribution in [3.05, 3.63) is 41.5 Å². The summed E-state index contributed by atoms with van der Waals surface area (Å²) in [5.74, 6) is 0.505. The number of alkyl halides is 3. The van der Waals surface area contributed by atoms with E-state index < -0.39 is 17.3 Å². The van der Waals surface area contributed by atoms with Crippen molar-refractivity contribution in [1.29, 1.82) is 5.26 Å². The van der Waals surface area contributed by atoms with Gasteiger partial charge in [-0.25, -0.2) is 4.98 Å². The van der Waals surface area contributed by atoms with E-state index in [0.29, 0.717) is 11.5 Å². The van der Waals surface area contributed by atoms with Crippen LogP contribution < -0.4 is 5.32 Å². The van der Waals surface area contributed by atoms with Gasteiger partial charge in [0.1, 0.15) is 6.33 Å². The molecule has 0 aliphatic carbocycles. The van der Waals surface area contributed by atoms with Crippen LogP contribution in [0.5, 0.6) is 0 Å². The number of hydrogen-bond acceptors (Lipinski definition) is 4. The Balaban J connectivity index is 2.16. The normalized spacial score (nSPS) is 11.2. The fourth-order valence-corrected chi connectivity index (χ4v) is 1.64. The number of nitriles is 1. The molecule has 0 bridgehead atoms. The van der Waals surface area contributed by atoms with Crippen molar-refractivity contribution in [2.24, 2.45) is 7.05 Å². The molecule has 0 spiro atoms. The van der Waals surface area contributed by atoms with Gasteiger partial charge >= 0.3 is 6.18 Å². The summed E-state index contributed by atoms with van der Waals surface area (Å²) in [5.41, 5.74) is -0.958. The van der Waals surface area contributed by atoms with Gasteiger partial charge in [0.15, 0.2) is 5.82 Å². The van der Waals surface area contributed by atoms with Gasteiger partial charge in [0.25, 0.3) is 0 Å². The maximum absolute atomic E-state index is 12.6. The summed E-state index contributed by atoms with van der Waals surface area (Å²) in [6.45, 7) is 0.261. The molecule has 2 aromatic rings. The van der Waals surface area contributed by atoms with E-state index in [9.17, 15) is 13.2 Å². The molecule has 0 amide bonds. The fraction of sp³-hybridized carbons (Fsp3) is 0.250. The van der Waals surface area contributed by atoms with Crippen LogP contribution in [0.1, 0.15) is 17.0 Å². The lowest BCUT2D eigenvalue weighted by molar-refractivity contribution is -0.137. The topological polar surface area (TPSA) is 66.5 Å². The van der Waals surface area contributed by atoms with Gasteiger partial charge in [-0.05, 0) is 18.2 Å². The number of halogens is 3. The molecule has 0 atom stereocenters. The Morgan fingerprint density at radius 2 is 2.15 bits per heavy atom. The van der Waals surface area contributed by atoms with Crippen molar-refractivity contribution < 1.29 is 13.2 Å². The Morgan fingerprint density at radius 3 is 2.70 bits per heavy atom. The number of aryl methyl sites for hydroxylation is 1. The molecule has 2 rings (SSSR count). The number of benzene rings is 1. The van der Waals surface area contributed by atoms with E-state index in [0.717, 1.165) is 12.1 Å². The minimum Gasteiger partial charge on any atom is -0.378 e. The van der Waals surface area contributed by atoms with Crippen LogP contribution in [0.15, 0.2) is 24.5 Å². The van der Waals surface area contributed by atoms with E-state index in [1.165, 1.54) is 17.1 Å². The lowest BCUT2D eigenvalue weighted by Crippen LogP contribution is -2.09. The highest BCUT2D eigenvalue weighted by Crippen LogP contribution is 2.32. The van der Waals surface area contributed by atoms with Crippen molar-refractivity contribution in [3.8, 4) is 6.07 Å². The molecule has 20 heavy (non-hydrogen) atoms. The molecule has 1 N–H and O–H groups in total. The Hall–Kier alpha value is -2.56. The number of nitrogens with zero attached hydrogens (tertiary/aromatic N) is 4. The predicted octanol–water partition coefficient (Wildman–Crippen LogP) is 2.32. The van der Waals surface area contributed by atoms with Crippen molar-refractivity contribution in [3.63, 3.8) is 0 Å². The summed E-state index contributed by atoms with van der Waals surface area (Å²) in [6.07, 6.45) is -3.02. The van der Waals surface area contributed by atoms with Crippen molar-refractivity contribution >= 4 is 5.69 Å². The summed E-state index contributed by atoms with van der Waals surface area (Å²) in [6, 6.07) is 4.86. The van der Waals surface area contributed by atoms with E-state index in [-0.39, 0.29) is 6.54 Å². The molecular formula is C12H10F3N5. The van der Waals surface area contributed by atoms with Gasteiger partial charge in [0.05, 0.1) is 23.7 Å². The van der Waals surface area contributed by atoms with E-state index >= 15 is 0 Å². The minimum absolute atomic E-state index is 0.261. The first-order valence-corrected chi connectivity index (χ1v) is 5.60. The van der Waals surface area contributed by atoms with E-state index in [2.05, 4.69) is 15.4 Å². The van der Waals surface area contributed by atoms with Crippen LogP contribution in [0.3, 0.4) is 0 Å². The highest BCUT2D eigenvalue weighted by Gasteiger charge is 2.33. The standard InChI is InChI=1S/C12H10F3N5/c1-20-7-18-11(19-20)6-17-9-2-3-10(12(13,14)15)8(4-9)5-16/h2-4,7,17H,6H2,1H3. The summed E-state index contributed by atoms with van der Waals surface area (Å²) in [7, 11) is 1.71. The molecule has 1 aromatic heterocycles. The van der Waals surface area contributed by atoms with Crippen LogP contribution in [-0.2, 0) is 19.8 Å². The SMILES string of the molecule is Cn1cnc(CNc2ccc(C(F)(F)F)c(C#N)c2)n1. The van der Waals surface area contributed by atoms with Crippen LogP contribution in [-0.4, -0.2) is 14.8 Å². The summed E-state index contributed by atoms with van der Waals surface area (Å²) >= 11 is 0. The molecule has 1 heterocycles. The first kappa shape index (κ1) is 13.9. The van der Waals surface area contributed by atoms with E-state index in [4.69, 9.17) is 5.26 Å². The van der Waals surface area contributed by atoms with E-state index in [1.807, 2.05) is 0 Å². The number of aromatic nitrogens is 3. The zero-order valence-corrected chi connectivity index (χ0v) is 10.4. The van der Waals surface area contributed by atoms with Crippen LogP contribution in [0.4, 0.5) is 18.9 Å². The highest BCUT2D eigenvalue weighted by molar-refractivity contribution is 5.53. The van der Waals surface area contributed by atoms with Gasteiger partial charge in [0.2, 0.25) is 0 Å². The maximum Gasteiger partial charge on any atom is 0.417 e. The molecular weight excluding hydrogens is 271 g/mol. The second-order valence-electron chi connectivity index (χ2n) is 4.06. The van der Waals surface area contributed by atoms with Crippen LogP contribution in [0, 0.1) is 11.3 Å². The van der Waals surface area contributed by atoms with Crippen molar-refractivity contribution in [2.75, 3.05) is 5.32 Å². The van der Waals surface area contributed by atoms with Crippen LogP contribution in [0.2, 0.25) is 0 Å². The molecule has 0 aliphatic rings. The highest BCUT2D eigenvalue weighted by atomic mass is 19.4. The Labute approximate surface area is 112 Å². The summed E-state index contributed by atoms with van der Waals surface area (Å²) in [5, 5.41) is 15.7. The minimum atomic E-state index is -4.54. The number of anilines is 1. The molecule has 8 heteroatoms. The Bertz CT molecular complexity index is 654. The largest absolute Gasteiger partial charge is 0.417 e. The molecule has 1 aromatic carbocycles. The zero-order chi connectivity index (χ0) is 14.8. The van der Waals surface area contributed by atoms with Gasteiger partial charge < -0.3 is 5.32 Å². The van der Waals surface area contributed by atoms with Gasteiger partial charge in [-0.15, -0.1) is 0 Å². The molecule has 0 aliphatic heterocycles. The second-order valence-corrected chi connectivity index (χ2v) is 4.06. The molecule has 104 valence electrons. The van der Waals surface area contributed by atoms with Crippen LogP contribution in [0.25, 0.3) is 0 Å². The van der Waals surface area contributed by atoms with Crippen molar-refractivity contribution in [2.45, 2.75) is 12.7 Å². The summed E-state index contributed by atoms with van der Waals surface area (Å²) in [4.78, 5) is 3.97. The molecule has 0 radical (unpaired) electrons. The molecule has 0 unspecified atom stereocenters. The quantitative estimate of drug-likeness (QED) is 0.937. The van der Waals surface area contributed by atoms with Crippen LogP contribution >= 0.6 is 0 Å². The van der Waals surface area contributed by atoms with Gasteiger partial charge in [-0.2, -0.15) is 23.5 Å². The predicted molar refractivity (Wildman–Crippen MR) is 64.5 cm³/mol. The Morgan fingerprint density at radius 1 is 1.40 bits per heavy atom. The van der Waals surface area contributed by atoms with E-state index in [1.54, 1.807) is 13.1 Å². The first-order chi connectivity index (χ1) is 9.40. The summed E-state index contributed by atoms with van der Waals surface area (Å²) < 4.78 is 39.4. The number of rotatable bonds is 3. The Kier molecular flexibility index (Phi) is 3.61. The monoisotopic (exact) mass is 281 g/mol. The van der Waals surface area contributed by atoms with Gasteiger partial charge in [-0.3, -0.25) is 4.68 Å². The number of hydrogen-bond donors (Lipinski definition) is 1. The van der Waals surface area contributed by atoms with Gasteiger partial charge in [0, 0.05) is 12.7 Å². The smallest absolute Gasteiger partial charge is 0.378 e. The third-order valence-corrected chi connectivity index (χ3v) is 2.54. The molecule has 5 nitrogen and oxygen atoms in total. The lowest BCUT2D eigenvalue weighted by Gasteiger charge is -2.10. The third kappa shape index (κ3) is 3.06. The zero-order valence-electron chi connectivity index (χ0n) is 10.4. The fourth-order valence-electron chi connectivity index (χ4n) is 1.64. The van der Waals surface area contributed by atoms with Crippen molar-refractivity contribution in [1.82, 2.24) is 14.8 Å². The lowest BCUT2D eigenvalue weighted by atomic mass is 10.1. The molecule has 0 fully saturated rings.